The zero-order chi connectivity index (χ0) is 23.5. The first kappa shape index (κ1) is 23.1. The van der Waals surface area contributed by atoms with Crippen LogP contribution in [0.5, 0.6) is 0 Å². The lowest BCUT2D eigenvalue weighted by atomic mass is 10.2. The van der Waals surface area contributed by atoms with E-state index in [4.69, 9.17) is 9.90 Å². The summed E-state index contributed by atoms with van der Waals surface area (Å²) in [5.74, 6) is -2.87. The lowest BCUT2D eigenvalue weighted by molar-refractivity contribution is -0.192. The smallest absolute Gasteiger partial charge is 0.475 e. The minimum Gasteiger partial charge on any atom is -0.475 e. The van der Waals surface area contributed by atoms with Gasteiger partial charge in [-0.3, -0.25) is 9.59 Å². The average molecular weight is 454 g/mol. The van der Waals surface area contributed by atoms with Gasteiger partial charge in [-0.05, 0) is 25.1 Å². The number of hydrogen-bond donors (Lipinski definition) is 3. The maximum absolute atomic E-state index is 12.5. The normalized spacial score (nSPS) is 15.6. The molecule has 0 aromatic carbocycles. The van der Waals surface area contributed by atoms with Crippen LogP contribution in [0.4, 0.5) is 13.2 Å². The Morgan fingerprint density at radius 1 is 1.28 bits per heavy atom. The van der Waals surface area contributed by atoms with Crippen molar-refractivity contribution in [2.45, 2.75) is 32.2 Å². The predicted octanol–water partition coefficient (Wildman–Crippen LogP) is 1.03. The number of halogens is 3. The first-order chi connectivity index (χ1) is 15.1. The molecule has 1 unspecified atom stereocenters. The molecule has 4 heterocycles. The van der Waals surface area contributed by atoms with Crippen molar-refractivity contribution in [3.63, 3.8) is 0 Å². The number of carboxylic acid groups (broad SMARTS) is 1. The lowest BCUT2D eigenvalue weighted by Gasteiger charge is -2.24. The molecule has 10 nitrogen and oxygen atoms in total. The molecule has 32 heavy (non-hydrogen) atoms. The summed E-state index contributed by atoms with van der Waals surface area (Å²) in [6.07, 6.45) is -0.0776. The summed E-state index contributed by atoms with van der Waals surface area (Å²) in [5, 5.41) is 17.4. The molecule has 3 aromatic heterocycles. The highest BCUT2D eigenvalue weighted by atomic mass is 19.4. The second-order valence-electron chi connectivity index (χ2n) is 6.99. The van der Waals surface area contributed by atoms with Gasteiger partial charge in [0, 0.05) is 50.3 Å². The minimum absolute atomic E-state index is 0.112. The van der Waals surface area contributed by atoms with Crippen molar-refractivity contribution in [2.75, 3.05) is 13.1 Å². The van der Waals surface area contributed by atoms with Crippen LogP contribution in [-0.4, -0.2) is 55.0 Å². The fourth-order valence-electron chi connectivity index (χ4n) is 3.32. The summed E-state index contributed by atoms with van der Waals surface area (Å²) in [6.45, 7) is 4.53. The molecule has 0 radical (unpaired) electrons. The van der Waals surface area contributed by atoms with Gasteiger partial charge in [-0.2, -0.15) is 18.3 Å². The Kier molecular flexibility index (Phi) is 6.67. The summed E-state index contributed by atoms with van der Waals surface area (Å²) in [4.78, 5) is 33.7. The number of hydrogen-bond acceptors (Lipinski definition) is 5. The van der Waals surface area contributed by atoms with Crippen LogP contribution in [0.15, 0.2) is 41.6 Å². The summed E-state index contributed by atoms with van der Waals surface area (Å²) < 4.78 is 36.9. The number of aromatic nitrogens is 4. The van der Waals surface area contributed by atoms with Gasteiger partial charge in [0.2, 0.25) is 0 Å². The number of nitrogens with zero attached hydrogens (tertiary/aromatic N) is 4. The molecule has 3 N–H and O–H groups in total. The number of fused-ring (bicyclic) bond motifs is 2. The standard InChI is InChI=1S/C17H20N6O2.C2HF3O2/c1-12-13-2-3-14(22(13)9-7-18-12)16(24)19-6-8-21-10-11-23-15(17(21)25)4-5-20-23;3-2(4,5)1(6)7/h2-5,10-12,18H,6-9H2,1H3,(H,19,24);(H,6,7). The molecule has 1 amide bonds. The second-order valence-corrected chi connectivity index (χ2v) is 6.99. The van der Waals surface area contributed by atoms with E-state index < -0.39 is 12.1 Å². The fraction of sp³-hybridized carbons (Fsp3) is 0.368. The molecule has 172 valence electrons. The van der Waals surface area contributed by atoms with E-state index in [-0.39, 0.29) is 17.5 Å². The molecule has 0 bridgehead atoms. The molecule has 0 aliphatic carbocycles. The van der Waals surface area contributed by atoms with Crippen LogP contribution in [0, 0.1) is 0 Å². The molecule has 1 aliphatic heterocycles. The van der Waals surface area contributed by atoms with E-state index in [2.05, 4.69) is 27.2 Å². The molecule has 1 atom stereocenters. The summed E-state index contributed by atoms with van der Waals surface area (Å²) in [5.41, 5.74) is 2.20. The molecule has 13 heteroatoms. The van der Waals surface area contributed by atoms with Gasteiger partial charge < -0.3 is 24.9 Å². The van der Waals surface area contributed by atoms with E-state index in [9.17, 15) is 22.8 Å². The molecule has 0 fully saturated rings. The molecular weight excluding hydrogens is 433 g/mol. The van der Waals surface area contributed by atoms with Crippen molar-refractivity contribution in [3.05, 3.63) is 58.5 Å². The van der Waals surface area contributed by atoms with E-state index in [0.717, 1.165) is 18.8 Å². The van der Waals surface area contributed by atoms with Gasteiger partial charge >= 0.3 is 12.1 Å². The van der Waals surface area contributed by atoms with E-state index in [1.54, 1.807) is 33.7 Å². The molecule has 1 aliphatic rings. The number of nitrogens with one attached hydrogen (secondary N) is 2. The third-order valence-corrected chi connectivity index (χ3v) is 4.90. The molecule has 0 saturated heterocycles. The molecule has 4 rings (SSSR count). The fourth-order valence-corrected chi connectivity index (χ4v) is 3.32. The maximum Gasteiger partial charge on any atom is 0.490 e. The Bertz CT molecular complexity index is 1180. The van der Waals surface area contributed by atoms with E-state index in [1.165, 1.54) is 0 Å². The predicted molar refractivity (Wildman–Crippen MR) is 106 cm³/mol. The van der Waals surface area contributed by atoms with Crippen molar-refractivity contribution in [1.82, 2.24) is 29.4 Å². The van der Waals surface area contributed by atoms with Crippen molar-refractivity contribution in [2.24, 2.45) is 0 Å². The highest BCUT2D eigenvalue weighted by Crippen LogP contribution is 2.20. The third kappa shape index (κ3) is 4.99. The van der Waals surface area contributed by atoms with Crippen LogP contribution in [0.2, 0.25) is 0 Å². The summed E-state index contributed by atoms with van der Waals surface area (Å²) >= 11 is 0. The summed E-state index contributed by atoms with van der Waals surface area (Å²) in [7, 11) is 0. The van der Waals surface area contributed by atoms with Gasteiger partial charge in [0.1, 0.15) is 11.2 Å². The highest BCUT2D eigenvalue weighted by molar-refractivity contribution is 5.93. The van der Waals surface area contributed by atoms with E-state index >= 15 is 0 Å². The van der Waals surface area contributed by atoms with Crippen molar-refractivity contribution in [3.8, 4) is 0 Å². The Hall–Kier alpha value is -3.61. The number of aliphatic carboxylic acids is 1. The Morgan fingerprint density at radius 3 is 2.69 bits per heavy atom. The van der Waals surface area contributed by atoms with Crippen molar-refractivity contribution >= 4 is 17.4 Å². The first-order valence-electron chi connectivity index (χ1n) is 9.63. The average Bonchev–Trinajstić information content (AvgIpc) is 3.37. The Balaban J connectivity index is 0.000000360. The van der Waals surface area contributed by atoms with Crippen LogP contribution in [0.25, 0.3) is 5.52 Å². The zero-order valence-electron chi connectivity index (χ0n) is 17.0. The molecule has 3 aromatic rings. The third-order valence-electron chi connectivity index (χ3n) is 4.90. The lowest BCUT2D eigenvalue weighted by Crippen LogP contribution is -2.36. The minimum atomic E-state index is -5.08. The highest BCUT2D eigenvalue weighted by Gasteiger charge is 2.38. The number of carbonyl (C=O) groups excluding carboxylic acids is 1. The monoisotopic (exact) mass is 454 g/mol. The van der Waals surface area contributed by atoms with Gasteiger partial charge in [-0.15, -0.1) is 0 Å². The van der Waals surface area contributed by atoms with Gasteiger partial charge in [0.15, 0.2) is 0 Å². The maximum atomic E-state index is 12.5. The van der Waals surface area contributed by atoms with Crippen LogP contribution < -0.4 is 16.2 Å². The van der Waals surface area contributed by atoms with Crippen molar-refractivity contribution < 1.29 is 27.9 Å². The second kappa shape index (κ2) is 9.26. The van der Waals surface area contributed by atoms with E-state index in [1.807, 2.05) is 12.1 Å². The zero-order valence-corrected chi connectivity index (χ0v) is 17.0. The Labute approximate surface area is 179 Å². The van der Waals surface area contributed by atoms with Gasteiger partial charge in [0.05, 0.1) is 6.20 Å². The van der Waals surface area contributed by atoms with Gasteiger partial charge in [0.25, 0.3) is 11.5 Å². The number of alkyl halides is 3. The first-order valence-corrected chi connectivity index (χ1v) is 9.63. The Morgan fingerprint density at radius 2 is 2.00 bits per heavy atom. The van der Waals surface area contributed by atoms with Crippen LogP contribution in [0.1, 0.15) is 29.1 Å². The van der Waals surface area contributed by atoms with Gasteiger partial charge in [-0.25, -0.2) is 9.31 Å². The summed E-state index contributed by atoms with van der Waals surface area (Å²) in [6, 6.07) is 5.78. The largest absolute Gasteiger partial charge is 0.490 e. The molecule has 0 saturated carbocycles. The quantitative estimate of drug-likeness (QED) is 0.541. The van der Waals surface area contributed by atoms with Gasteiger partial charge in [-0.1, -0.05) is 0 Å². The van der Waals surface area contributed by atoms with E-state index in [0.29, 0.717) is 24.3 Å². The number of amides is 1. The van der Waals surface area contributed by atoms with Crippen LogP contribution in [-0.2, 0) is 17.9 Å². The number of carboxylic acids is 1. The molecular formula is C19H21F3N6O4. The number of rotatable bonds is 4. The van der Waals surface area contributed by atoms with Crippen LogP contribution in [0.3, 0.4) is 0 Å². The van der Waals surface area contributed by atoms with Crippen LogP contribution >= 0.6 is 0 Å². The SMILES string of the molecule is CC1NCCn2c(C(=O)NCCn3ccn4nccc4c3=O)ccc21.O=C(O)C(F)(F)F. The van der Waals surface area contributed by atoms with Crippen molar-refractivity contribution in [1.29, 1.82) is 0 Å². The number of carbonyl (C=O) groups is 2. The topological polar surface area (TPSA) is 123 Å². The molecule has 0 spiro atoms.